The Balaban J connectivity index is 1.68. The molecule has 0 bridgehead atoms. The summed E-state index contributed by atoms with van der Waals surface area (Å²) in [6, 6.07) is 11.3. The van der Waals surface area contributed by atoms with Gasteiger partial charge >= 0.3 is 6.03 Å². The summed E-state index contributed by atoms with van der Waals surface area (Å²) in [7, 11) is 0. The molecule has 1 heterocycles. The molecule has 3 rings (SSSR count). The van der Waals surface area contributed by atoms with Crippen molar-refractivity contribution < 1.29 is 19.1 Å². The van der Waals surface area contributed by atoms with Gasteiger partial charge in [0.05, 0.1) is 5.69 Å². The van der Waals surface area contributed by atoms with Gasteiger partial charge in [0.15, 0.2) is 11.5 Å². The zero-order valence-corrected chi connectivity index (χ0v) is 17.2. The van der Waals surface area contributed by atoms with Crippen molar-refractivity contribution in [3.05, 3.63) is 46.9 Å². The van der Waals surface area contributed by atoms with E-state index in [4.69, 9.17) is 9.47 Å². The number of fused-ring (bicyclic) bond motifs is 1. The summed E-state index contributed by atoms with van der Waals surface area (Å²) in [6.45, 7) is 4.68. The van der Waals surface area contributed by atoms with Crippen LogP contribution < -0.4 is 25.4 Å². The maximum atomic E-state index is 12.8. The molecule has 0 spiro atoms. The van der Waals surface area contributed by atoms with Crippen LogP contribution in [0.25, 0.3) is 0 Å². The third kappa shape index (κ3) is 4.95. The van der Waals surface area contributed by atoms with Crippen LogP contribution in [-0.2, 0) is 4.79 Å². The lowest BCUT2D eigenvalue weighted by atomic mass is 10.0. The van der Waals surface area contributed by atoms with Crippen LogP contribution in [0.2, 0.25) is 0 Å². The van der Waals surface area contributed by atoms with Gasteiger partial charge in [-0.25, -0.2) is 4.79 Å². The van der Waals surface area contributed by atoms with Crippen LogP contribution in [0, 0.1) is 5.92 Å². The monoisotopic (exact) mass is 447 g/mol. The molecule has 1 aliphatic heterocycles. The van der Waals surface area contributed by atoms with Crippen molar-refractivity contribution in [2.24, 2.45) is 5.92 Å². The Hall–Kier alpha value is -2.74. The number of rotatable bonds is 5. The molecule has 3 N–H and O–H groups in total. The molecule has 1 aliphatic rings. The SMILES string of the molecule is CC(C)C(NC(=O)Nc1ccccc1)C(=O)Nc1cc2c(cc1Br)OCCO2. The lowest BCUT2D eigenvalue weighted by molar-refractivity contribution is -0.118. The molecule has 28 heavy (non-hydrogen) atoms. The maximum Gasteiger partial charge on any atom is 0.319 e. The van der Waals surface area contributed by atoms with E-state index in [0.29, 0.717) is 40.6 Å². The van der Waals surface area contributed by atoms with E-state index in [2.05, 4.69) is 31.9 Å². The van der Waals surface area contributed by atoms with Gasteiger partial charge in [-0.15, -0.1) is 0 Å². The summed E-state index contributed by atoms with van der Waals surface area (Å²) < 4.78 is 11.8. The van der Waals surface area contributed by atoms with Gasteiger partial charge in [-0.1, -0.05) is 32.0 Å². The van der Waals surface area contributed by atoms with Crippen molar-refractivity contribution in [2.45, 2.75) is 19.9 Å². The van der Waals surface area contributed by atoms with Crippen molar-refractivity contribution in [1.82, 2.24) is 5.32 Å². The van der Waals surface area contributed by atoms with Crippen LogP contribution in [0.3, 0.4) is 0 Å². The van der Waals surface area contributed by atoms with Crippen LogP contribution in [0.15, 0.2) is 46.9 Å². The van der Waals surface area contributed by atoms with Crippen molar-refractivity contribution in [1.29, 1.82) is 0 Å². The van der Waals surface area contributed by atoms with Gasteiger partial charge in [-0.2, -0.15) is 0 Å². The van der Waals surface area contributed by atoms with E-state index in [0.717, 1.165) is 0 Å². The number of hydrogen-bond acceptors (Lipinski definition) is 4. The highest BCUT2D eigenvalue weighted by molar-refractivity contribution is 9.10. The van der Waals surface area contributed by atoms with Gasteiger partial charge in [-0.3, -0.25) is 4.79 Å². The molecule has 148 valence electrons. The minimum Gasteiger partial charge on any atom is -0.486 e. The first-order chi connectivity index (χ1) is 13.4. The predicted molar refractivity (Wildman–Crippen MR) is 111 cm³/mol. The lowest BCUT2D eigenvalue weighted by Crippen LogP contribution is -2.48. The number of ether oxygens (including phenoxy) is 2. The van der Waals surface area contributed by atoms with Crippen LogP contribution in [0.4, 0.5) is 16.2 Å². The fourth-order valence-corrected chi connectivity index (χ4v) is 3.16. The van der Waals surface area contributed by atoms with Gasteiger partial charge in [0.1, 0.15) is 19.3 Å². The third-order valence-corrected chi connectivity index (χ3v) is 4.81. The van der Waals surface area contributed by atoms with E-state index >= 15 is 0 Å². The number of carbonyl (C=O) groups is 2. The number of para-hydroxylation sites is 1. The summed E-state index contributed by atoms with van der Waals surface area (Å²) in [4.78, 5) is 25.1. The molecule has 3 amide bonds. The molecule has 8 heteroatoms. The highest BCUT2D eigenvalue weighted by atomic mass is 79.9. The maximum absolute atomic E-state index is 12.8. The topological polar surface area (TPSA) is 88.7 Å². The molecular weight excluding hydrogens is 426 g/mol. The fourth-order valence-electron chi connectivity index (χ4n) is 2.74. The first kappa shape index (κ1) is 20.0. The number of nitrogens with one attached hydrogen (secondary N) is 3. The van der Waals surface area contributed by atoms with E-state index in [1.807, 2.05) is 32.0 Å². The van der Waals surface area contributed by atoms with E-state index in [-0.39, 0.29) is 11.8 Å². The highest BCUT2D eigenvalue weighted by Crippen LogP contribution is 2.38. The second-order valence-corrected chi connectivity index (χ2v) is 7.51. The third-order valence-electron chi connectivity index (χ3n) is 4.16. The largest absolute Gasteiger partial charge is 0.486 e. The van der Waals surface area contributed by atoms with Crippen molar-refractivity contribution in [3.8, 4) is 11.5 Å². The molecule has 2 aromatic rings. The second kappa shape index (κ2) is 8.97. The molecule has 1 unspecified atom stereocenters. The normalized spacial score (nSPS) is 13.6. The molecule has 0 radical (unpaired) electrons. The molecule has 0 saturated heterocycles. The summed E-state index contributed by atoms with van der Waals surface area (Å²) in [6.07, 6.45) is 0. The number of hydrogen-bond donors (Lipinski definition) is 3. The summed E-state index contributed by atoms with van der Waals surface area (Å²) in [5.41, 5.74) is 1.20. The smallest absolute Gasteiger partial charge is 0.319 e. The van der Waals surface area contributed by atoms with Crippen molar-refractivity contribution in [2.75, 3.05) is 23.8 Å². The van der Waals surface area contributed by atoms with E-state index in [9.17, 15) is 9.59 Å². The van der Waals surface area contributed by atoms with Gasteiger partial charge < -0.3 is 25.4 Å². The Labute approximate surface area is 171 Å². The Morgan fingerprint density at radius 3 is 2.29 bits per heavy atom. The van der Waals surface area contributed by atoms with Crippen LogP contribution in [0.5, 0.6) is 11.5 Å². The van der Waals surface area contributed by atoms with Crippen molar-refractivity contribution >= 4 is 39.2 Å². The van der Waals surface area contributed by atoms with Crippen LogP contribution in [0.1, 0.15) is 13.8 Å². The molecule has 0 aliphatic carbocycles. The molecule has 0 fully saturated rings. The quantitative estimate of drug-likeness (QED) is 0.645. The Kier molecular flexibility index (Phi) is 6.41. The Bertz CT molecular complexity index is 858. The first-order valence-electron chi connectivity index (χ1n) is 8.96. The van der Waals surface area contributed by atoms with E-state index in [1.165, 1.54) is 0 Å². The van der Waals surface area contributed by atoms with E-state index in [1.54, 1.807) is 24.3 Å². The summed E-state index contributed by atoms with van der Waals surface area (Å²) in [5.74, 6) is 0.755. The van der Waals surface area contributed by atoms with Gasteiger partial charge in [0.2, 0.25) is 5.91 Å². The minimum absolute atomic E-state index is 0.113. The van der Waals surface area contributed by atoms with Crippen LogP contribution >= 0.6 is 15.9 Å². The van der Waals surface area contributed by atoms with E-state index < -0.39 is 12.1 Å². The molecule has 1 atom stereocenters. The van der Waals surface area contributed by atoms with Crippen molar-refractivity contribution in [3.63, 3.8) is 0 Å². The second-order valence-electron chi connectivity index (χ2n) is 6.65. The zero-order valence-electron chi connectivity index (χ0n) is 15.6. The Morgan fingerprint density at radius 2 is 1.64 bits per heavy atom. The lowest BCUT2D eigenvalue weighted by Gasteiger charge is -2.23. The fraction of sp³-hybridized carbons (Fsp3) is 0.300. The minimum atomic E-state index is -0.719. The summed E-state index contributed by atoms with van der Waals surface area (Å²) >= 11 is 3.44. The number of halogens is 1. The number of benzene rings is 2. The summed E-state index contributed by atoms with van der Waals surface area (Å²) in [5, 5.41) is 8.30. The average Bonchev–Trinajstić information content (AvgIpc) is 2.67. The number of anilines is 2. The molecular formula is C20H22BrN3O4. The number of amides is 3. The average molecular weight is 448 g/mol. The molecule has 2 aromatic carbocycles. The predicted octanol–water partition coefficient (Wildman–Crippen LogP) is 4.01. The van der Waals surface area contributed by atoms with Crippen LogP contribution in [-0.4, -0.2) is 31.2 Å². The molecule has 0 saturated carbocycles. The molecule has 7 nitrogen and oxygen atoms in total. The highest BCUT2D eigenvalue weighted by Gasteiger charge is 2.25. The van der Waals surface area contributed by atoms with Gasteiger partial charge in [0.25, 0.3) is 0 Å². The standard InChI is InChI=1S/C20H22BrN3O4/c1-12(2)18(24-20(26)22-13-6-4-3-5-7-13)19(25)23-15-11-17-16(10-14(15)21)27-8-9-28-17/h3-7,10-12,18H,8-9H2,1-2H3,(H,23,25)(H2,22,24,26). The number of carbonyl (C=O) groups excluding carboxylic acids is 2. The van der Waals surface area contributed by atoms with Gasteiger partial charge in [0, 0.05) is 22.3 Å². The number of urea groups is 1. The zero-order chi connectivity index (χ0) is 20.1. The Morgan fingerprint density at radius 1 is 1.00 bits per heavy atom. The van der Waals surface area contributed by atoms with Gasteiger partial charge in [-0.05, 0) is 34.0 Å². The first-order valence-corrected chi connectivity index (χ1v) is 9.76. The molecule has 0 aromatic heterocycles.